The number of carboxylic acid groups (broad SMARTS) is 1. The summed E-state index contributed by atoms with van der Waals surface area (Å²) in [5.41, 5.74) is 1.82. The molecule has 0 bridgehead atoms. The molecule has 0 fully saturated rings. The number of fused-ring (bicyclic) bond motifs is 1. The molecule has 4 nitrogen and oxygen atoms in total. The lowest BCUT2D eigenvalue weighted by Gasteiger charge is -2.06. The molecule has 0 saturated carbocycles. The second kappa shape index (κ2) is 5.93. The summed E-state index contributed by atoms with van der Waals surface area (Å²) in [6.45, 7) is 0. The molecule has 0 aliphatic heterocycles. The van der Waals surface area contributed by atoms with Gasteiger partial charge in [0.2, 0.25) is 0 Å². The van der Waals surface area contributed by atoms with E-state index in [0.29, 0.717) is 6.42 Å². The first-order chi connectivity index (χ1) is 10.2. The zero-order valence-electron chi connectivity index (χ0n) is 11.2. The van der Waals surface area contributed by atoms with Crippen LogP contribution >= 0.6 is 11.3 Å². The van der Waals surface area contributed by atoms with Crippen LogP contribution in [0, 0.1) is 0 Å². The van der Waals surface area contributed by atoms with Gasteiger partial charge in [-0.15, -0.1) is 11.3 Å². The van der Waals surface area contributed by atoms with Gasteiger partial charge in [0, 0.05) is 22.9 Å². The second-order valence-corrected chi connectivity index (χ2v) is 5.55. The summed E-state index contributed by atoms with van der Waals surface area (Å²) in [5.74, 6) is -0.799. The van der Waals surface area contributed by atoms with Crippen LogP contribution in [0.4, 0.5) is 10.8 Å². The van der Waals surface area contributed by atoms with E-state index in [0.717, 1.165) is 21.9 Å². The number of nitrogens with one attached hydrogen (secondary N) is 1. The SMILES string of the molecule is O=C(O)CCc1csc(Nc2cccc3ccccc23)n1. The van der Waals surface area contributed by atoms with Gasteiger partial charge in [-0.1, -0.05) is 36.4 Å². The topological polar surface area (TPSA) is 62.2 Å². The van der Waals surface area contributed by atoms with Crippen molar-refractivity contribution in [3.63, 3.8) is 0 Å². The molecule has 2 N–H and O–H groups in total. The highest BCUT2D eigenvalue weighted by atomic mass is 32.1. The van der Waals surface area contributed by atoms with E-state index >= 15 is 0 Å². The van der Waals surface area contributed by atoms with E-state index in [-0.39, 0.29) is 6.42 Å². The van der Waals surface area contributed by atoms with Crippen molar-refractivity contribution in [2.75, 3.05) is 5.32 Å². The van der Waals surface area contributed by atoms with Crippen LogP contribution in [0.25, 0.3) is 10.8 Å². The van der Waals surface area contributed by atoms with Crippen LogP contribution in [0.5, 0.6) is 0 Å². The Morgan fingerprint density at radius 1 is 1.19 bits per heavy atom. The highest BCUT2D eigenvalue weighted by Gasteiger charge is 2.06. The number of aryl methyl sites for hydroxylation is 1. The van der Waals surface area contributed by atoms with Gasteiger partial charge >= 0.3 is 5.97 Å². The maximum Gasteiger partial charge on any atom is 0.303 e. The lowest BCUT2D eigenvalue weighted by Crippen LogP contribution is -1.98. The molecule has 0 spiro atoms. The maximum absolute atomic E-state index is 10.6. The lowest BCUT2D eigenvalue weighted by atomic mass is 10.1. The third-order valence-corrected chi connectivity index (χ3v) is 3.98. The summed E-state index contributed by atoms with van der Waals surface area (Å²) in [4.78, 5) is 15.0. The summed E-state index contributed by atoms with van der Waals surface area (Å²) in [5, 5.41) is 17.0. The van der Waals surface area contributed by atoms with Crippen LogP contribution in [-0.4, -0.2) is 16.1 Å². The van der Waals surface area contributed by atoms with E-state index in [1.165, 1.54) is 16.7 Å². The Morgan fingerprint density at radius 2 is 2.00 bits per heavy atom. The molecule has 21 heavy (non-hydrogen) atoms. The summed E-state index contributed by atoms with van der Waals surface area (Å²) in [7, 11) is 0. The van der Waals surface area contributed by atoms with Crippen molar-refractivity contribution < 1.29 is 9.90 Å². The first kappa shape index (κ1) is 13.6. The van der Waals surface area contributed by atoms with E-state index < -0.39 is 5.97 Å². The van der Waals surface area contributed by atoms with Crippen molar-refractivity contribution in [1.29, 1.82) is 0 Å². The Bertz CT molecular complexity index is 777. The number of aliphatic carboxylic acids is 1. The number of nitrogens with zero attached hydrogens (tertiary/aromatic N) is 1. The van der Waals surface area contributed by atoms with Gasteiger partial charge in [-0.2, -0.15) is 0 Å². The molecule has 0 aliphatic carbocycles. The largest absolute Gasteiger partial charge is 0.481 e. The van der Waals surface area contributed by atoms with Crippen LogP contribution in [0.2, 0.25) is 0 Å². The number of anilines is 2. The van der Waals surface area contributed by atoms with E-state index in [1.807, 2.05) is 29.6 Å². The number of rotatable bonds is 5. The molecular weight excluding hydrogens is 284 g/mol. The fraction of sp³-hybridized carbons (Fsp3) is 0.125. The van der Waals surface area contributed by atoms with Gasteiger partial charge in [-0.3, -0.25) is 4.79 Å². The zero-order chi connectivity index (χ0) is 14.7. The quantitative estimate of drug-likeness (QED) is 0.745. The number of carbonyl (C=O) groups is 1. The monoisotopic (exact) mass is 298 g/mol. The molecule has 0 aliphatic rings. The summed E-state index contributed by atoms with van der Waals surface area (Å²) < 4.78 is 0. The Hall–Kier alpha value is -2.40. The van der Waals surface area contributed by atoms with Crippen molar-refractivity contribution in [1.82, 2.24) is 4.98 Å². The number of carboxylic acids is 1. The fourth-order valence-electron chi connectivity index (χ4n) is 2.16. The molecule has 0 radical (unpaired) electrons. The fourth-order valence-corrected chi connectivity index (χ4v) is 2.92. The van der Waals surface area contributed by atoms with Crippen LogP contribution < -0.4 is 5.32 Å². The molecule has 0 unspecified atom stereocenters. The molecule has 106 valence electrons. The summed E-state index contributed by atoms with van der Waals surface area (Å²) in [6, 6.07) is 14.2. The van der Waals surface area contributed by atoms with Gasteiger partial charge in [-0.25, -0.2) is 4.98 Å². The Morgan fingerprint density at radius 3 is 2.86 bits per heavy atom. The van der Waals surface area contributed by atoms with Crippen LogP contribution in [0.3, 0.4) is 0 Å². The highest BCUT2D eigenvalue weighted by molar-refractivity contribution is 7.13. The van der Waals surface area contributed by atoms with Gasteiger partial charge in [0.1, 0.15) is 0 Å². The van der Waals surface area contributed by atoms with E-state index in [9.17, 15) is 4.79 Å². The number of hydrogen-bond donors (Lipinski definition) is 2. The van der Waals surface area contributed by atoms with Crippen LogP contribution in [0.1, 0.15) is 12.1 Å². The summed E-state index contributed by atoms with van der Waals surface area (Å²) in [6.07, 6.45) is 0.570. The zero-order valence-corrected chi connectivity index (χ0v) is 12.1. The molecule has 2 aromatic carbocycles. The molecule has 1 heterocycles. The van der Waals surface area contributed by atoms with Gasteiger partial charge in [0.15, 0.2) is 5.13 Å². The van der Waals surface area contributed by atoms with Crippen LogP contribution in [0.15, 0.2) is 47.8 Å². The van der Waals surface area contributed by atoms with Crippen molar-refractivity contribution in [3.8, 4) is 0 Å². The van der Waals surface area contributed by atoms with Gasteiger partial charge in [0.05, 0.1) is 12.1 Å². The normalized spacial score (nSPS) is 10.7. The Balaban J connectivity index is 1.81. The van der Waals surface area contributed by atoms with E-state index in [1.54, 1.807) is 0 Å². The van der Waals surface area contributed by atoms with Crippen molar-refractivity contribution in [2.24, 2.45) is 0 Å². The predicted octanol–water partition coefficient (Wildman–Crippen LogP) is 4.06. The maximum atomic E-state index is 10.6. The van der Waals surface area contributed by atoms with Crippen molar-refractivity contribution >= 4 is 38.9 Å². The molecule has 5 heteroatoms. The Labute approximate surface area is 126 Å². The molecule has 3 rings (SSSR count). The average molecular weight is 298 g/mol. The number of benzene rings is 2. The molecule has 0 amide bonds. The molecule has 3 aromatic rings. The molecular formula is C16H14N2O2S. The minimum Gasteiger partial charge on any atom is -0.481 e. The molecule has 0 saturated heterocycles. The second-order valence-electron chi connectivity index (χ2n) is 4.69. The third kappa shape index (κ3) is 3.20. The minimum absolute atomic E-state index is 0.109. The first-order valence-electron chi connectivity index (χ1n) is 6.63. The minimum atomic E-state index is -0.799. The smallest absolute Gasteiger partial charge is 0.303 e. The number of aromatic nitrogens is 1. The first-order valence-corrected chi connectivity index (χ1v) is 7.51. The van der Waals surface area contributed by atoms with Gasteiger partial charge in [-0.05, 0) is 11.5 Å². The Kier molecular flexibility index (Phi) is 3.83. The summed E-state index contributed by atoms with van der Waals surface area (Å²) >= 11 is 1.49. The van der Waals surface area contributed by atoms with Gasteiger partial charge in [0.25, 0.3) is 0 Å². The number of hydrogen-bond acceptors (Lipinski definition) is 4. The standard InChI is InChI=1S/C16H14N2O2S/c19-15(20)9-8-12-10-21-16(17-12)18-14-7-3-5-11-4-1-2-6-13(11)14/h1-7,10H,8-9H2,(H,17,18)(H,19,20). The number of thiazole rings is 1. The van der Waals surface area contributed by atoms with Crippen LogP contribution in [-0.2, 0) is 11.2 Å². The third-order valence-electron chi connectivity index (χ3n) is 3.18. The lowest BCUT2D eigenvalue weighted by molar-refractivity contribution is -0.136. The van der Waals surface area contributed by atoms with Crippen molar-refractivity contribution in [3.05, 3.63) is 53.5 Å². The van der Waals surface area contributed by atoms with Gasteiger partial charge < -0.3 is 10.4 Å². The van der Waals surface area contributed by atoms with Crippen molar-refractivity contribution in [2.45, 2.75) is 12.8 Å². The predicted molar refractivity (Wildman–Crippen MR) is 85.3 cm³/mol. The van der Waals surface area contributed by atoms with E-state index in [2.05, 4.69) is 28.5 Å². The van der Waals surface area contributed by atoms with E-state index in [4.69, 9.17) is 5.11 Å². The molecule has 1 aromatic heterocycles. The molecule has 0 atom stereocenters. The highest BCUT2D eigenvalue weighted by Crippen LogP contribution is 2.28. The average Bonchev–Trinajstić information content (AvgIpc) is 2.93.